The summed E-state index contributed by atoms with van der Waals surface area (Å²) in [5.74, 6) is 1.32. The Bertz CT molecular complexity index is 1010. The van der Waals surface area contributed by atoms with Gasteiger partial charge in [0.1, 0.15) is 0 Å². The molecule has 0 aliphatic carbocycles. The van der Waals surface area contributed by atoms with Crippen molar-refractivity contribution in [2.45, 2.75) is 26.2 Å². The Balaban J connectivity index is 1.83. The van der Waals surface area contributed by atoms with Gasteiger partial charge in [-0.3, -0.25) is 19.7 Å². The molecule has 0 unspecified atom stereocenters. The van der Waals surface area contributed by atoms with Gasteiger partial charge in [0.2, 0.25) is 5.91 Å². The molecule has 2 aromatic rings. The fraction of sp³-hybridized carbons (Fsp3) is 0.391. The van der Waals surface area contributed by atoms with Crippen molar-refractivity contribution in [3.05, 3.63) is 51.6 Å². The van der Waals surface area contributed by atoms with E-state index in [2.05, 4.69) is 5.32 Å². The highest BCUT2D eigenvalue weighted by Gasteiger charge is 2.19. The van der Waals surface area contributed by atoms with Crippen LogP contribution in [-0.4, -0.2) is 51.1 Å². The molecule has 0 saturated heterocycles. The molecular weight excluding hydrogens is 432 g/mol. The number of ether oxygens (including phenoxy) is 4. The summed E-state index contributed by atoms with van der Waals surface area (Å²) in [7, 11) is 4.34. The first-order valence-corrected chi connectivity index (χ1v) is 10.3. The molecule has 0 aliphatic heterocycles. The molecule has 0 radical (unpaired) electrons. The lowest BCUT2D eigenvalue weighted by Gasteiger charge is -2.12. The first-order chi connectivity index (χ1) is 15.8. The highest BCUT2D eigenvalue weighted by molar-refractivity contribution is 5.94. The van der Waals surface area contributed by atoms with Gasteiger partial charge in [-0.1, -0.05) is 0 Å². The van der Waals surface area contributed by atoms with Crippen LogP contribution in [0.4, 0.5) is 5.69 Å². The monoisotopic (exact) mass is 460 g/mol. The number of nitrogens with zero attached hydrogens (tertiary/aromatic N) is 1. The number of nitrogens with one attached hydrogen (secondary N) is 1. The summed E-state index contributed by atoms with van der Waals surface area (Å²) in [6.45, 7) is 1.98. The van der Waals surface area contributed by atoms with Crippen LogP contribution in [0.15, 0.2) is 30.3 Å². The number of nitro benzene ring substituents is 1. The molecule has 0 aliphatic rings. The highest BCUT2D eigenvalue weighted by atomic mass is 16.6. The minimum Gasteiger partial charge on any atom is -0.493 e. The third-order valence-electron chi connectivity index (χ3n) is 4.87. The van der Waals surface area contributed by atoms with Crippen molar-refractivity contribution < 1.29 is 33.5 Å². The predicted molar refractivity (Wildman–Crippen MR) is 121 cm³/mol. The number of rotatable bonds is 13. The Morgan fingerprint density at radius 1 is 0.970 bits per heavy atom. The van der Waals surface area contributed by atoms with Crippen LogP contribution in [0.5, 0.6) is 23.0 Å². The number of ketones is 1. The van der Waals surface area contributed by atoms with Crippen LogP contribution in [0.3, 0.4) is 0 Å². The van der Waals surface area contributed by atoms with Crippen molar-refractivity contribution in [2.75, 3.05) is 34.5 Å². The van der Waals surface area contributed by atoms with Crippen molar-refractivity contribution in [3.8, 4) is 23.0 Å². The van der Waals surface area contributed by atoms with E-state index in [0.717, 1.165) is 0 Å². The maximum atomic E-state index is 12.1. The molecule has 1 amide bonds. The smallest absolute Gasteiger partial charge is 0.276 e. The molecule has 2 aromatic carbocycles. The molecule has 178 valence electrons. The van der Waals surface area contributed by atoms with E-state index in [-0.39, 0.29) is 49.1 Å². The van der Waals surface area contributed by atoms with Gasteiger partial charge in [0.25, 0.3) is 5.69 Å². The lowest BCUT2D eigenvalue weighted by Crippen LogP contribution is -2.26. The number of Topliss-reactive ketones (excluding diaryl/α,β-unsaturated/α-hetero) is 1. The molecule has 0 spiro atoms. The van der Waals surface area contributed by atoms with Gasteiger partial charge in [-0.15, -0.1) is 0 Å². The van der Waals surface area contributed by atoms with Crippen molar-refractivity contribution in [3.63, 3.8) is 0 Å². The first-order valence-electron chi connectivity index (χ1n) is 10.3. The van der Waals surface area contributed by atoms with E-state index < -0.39 is 4.92 Å². The molecule has 10 nitrogen and oxygen atoms in total. The number of amides is 1. The van der Waals surface area contributed by atoms with Gasteiger partial charge in [-0.2, -0.15) is 0 Å². The lowest BCUT2D eigenvalue weighted by atomic mass is 10.1. The lowest BCUT2D eigenvalue weighted by molar-refractivity contribution is -0.385. The molecule has 1 N–H and O–H groups in total. The molecule has 0 atom stereocenters. The summed E-state index contributed by atoms with van der Waals surface area (Å²) in [4.78, 5) is 34.5. The van der Waals surface area contributed by atoms with Gasteiger partial charge in [0.05, 0.1) is 38.9 Å². The van der Waals surface area contributed by atoms with E-state index in [0.29, 0.717) is 34.8 Å². The van der Waals surface area contributed by atoms with Crippen molar-refractivity contribution in [1.82, 2.24) is 5.32 Å². The number of benzene rings is 2. The highest BCUT2D eigenvalue weighted by Crippen LogP contribution is 2.34. The normalized spacial score (nSPS) is 10.3. The minimum atomic E-state index is -0.492. The topological polar surface area (TPSA) is 126 Å². The van der Waals surface area contributed by atoms with Gasteiger partial charge in [-0.05, 0) is 44.0 Å². The van der Waals surface area contributed by atoms with Crippen LogP contribution in [0.1, 0.15) is 35.7 Å². The van der Waals surface area contributed by atoms with Crippen LogP contribution in [0.2, 0.25) is 0 Å². The van der Waals surface area contributed by atoms with Crippen LogP contribution in [0, 0.1) is 10.1 Å². The molecule has 10 heteroatoms. The van der Waals surface area contributed by atoms with E-state index >= 15 is 0 Å². The van der Waals surface area contributed by atoms with Gasteiger partial charge < -0.3 is 24.3 Å². The largest absolute Gasteiger partial charge is 0.493 e. The standard InChI is InChI=1S/C23H28N2O8/c1-15(26)16-7-8-19(20(12-16)30-2)33-11-5-6-23(27)24-10-9-17-13-21(31-3)22(32-4)14-18(17)25(28)29/h7-8,12-14H,5-6,9-11H2,1-4H3,(H,24,27). The maximum absolute atomic E-state index is 12.1. The third-order valence-corrected chi connectivity index (χ3v) is 4.87. The van der Waals surface area contributed by atoms with Crippen LogP contribution >= 0.6 is 0 Å². The SMILES string of the molecule is COc1cc(CCNC(=O)CCCOc2ccc(C(C)=O)cc2OC)c([N+](=O)[O-])cc1OC. The summed E-state index contributed by atoms with van der Waals surface area (Å²) in [5, 5.41) is 14.1. The maximum Gasteiger partial charge on any atom is 0.276 e. The zero-order chi connectivity index (χ0) is 24.4. The quantitative estimate of drug-likeness (QED) is 0.209. The van der Waals surface area contributed by atoms with Crippen molar-refractivity contribution in [1.29, 1.82) is 0 Å². The average Bonchev–Trinajstić information content (AvgIpc) is 2.81. The number of hydrogen-bond acceptors (Lipinski definition) is 8. The van der Waals surface area contributed by atoms with E-state index in [1.54, 1.807) is 24.3 Å². The van der Waals surface area contributed by atoms with E-state index in [4.69, 9.17) is 18.9 Å². The Kier molecular flexibility index (Phi) is 9.46. The van der Waals surface area contributed by atoms with Crippen LogP contribution in [-0.2, 0) is 11.2 Å². The Morgan fingerprint density at radius 2 is 1.61 bits per heavy atom. The number of hydrogen-bond donors (Lipinski definition) is 1. The minimum absolute atomic E-state index is 0.0741. The molecular formula is C23H28N2O8. The molecule has 2 rings (SSSR count). The molecule has 0 heterocycles. The average molecular weight is 460 g/mol. The summed E-state index contributed by atoms with van der Waals surface area (Å²) < 4.78 is 21.2. The number of carbonyl (C=O) groups excluding carboxylic acids is 2. The second-order valence-corrected chi connectivity index (χ2v) is 7.07. The molecule has 0 bridgehead atoms. The fourth-order valence-corrected chi connectivity index (χ4v) is 3.13. The van der Waals surface area contributed by atoms with Crippen LogP contribution < -0.4 is 24.3 Å². The first kappa shape index (κ1) is 25.4. The van der Waals surface area contributed by atoms with Gasteiger partial charge in [0, 0.05) is 24.1 Å². The van der Waals surface area contributed by atoms with E-state index in [1.165, 1.54) is 34.3 Å². The van der Waals surface area contributed by atoms with E-state index in [9.17, 15) is 19.7 Å². The second kappa shape index (κ2) is 12.3. The fourth-order valence-electron chi connectivity index (χ4n) is 3.13. The third kappa shape index (κ3) is 7.09. The zero-order valence-corrected chi connectivity index (χ0v) is 19.1. The summed E-state index contributed by atoms with van der Waals surface area (Å²) in [6.07, 6.45) is 0.945. The molecule has 0 saturated carbocycles. The summed E-state index contributed by atoms with van der Waals surface area (Å²) in [5.41, 5.74) is 0.857. The van der Waals surface area contributed by atoms with Gasteiger partial charge in [0.15, 0.2) is 28.8 Å². The van der Waals surface area contributed by atoms with Crippen LogP contribution in [0.25, 0.3) is 0 Å². The Hall–Kier alpha value is -3.82. The van der Waals surface area contributed by atoms with Crippen molar-refractivity contribution >= 4 is 17.4 Å². The predicted octanol–water partition coefficient (Wildman–Crippen LogP) is 3.34. The zero-order valence-electron chi connectivity index (χ0n) is 19.1. The van der Waals surface area contributed by atoms with Gasteiger partial charge in [-0.25, -0.2) is 0 Å². The Morgan fingerprint density at radius 3 is 2.21 bits per heavy atom. The summed E-state index contributed by atoms with van der Waals surface area (Å²) >= 11 is 0. The number of methoxy groups -OCH3 is 3. The number of nitro groups is 1. The summed E-state index contributed by atoms with van der Waals surface area (Å²) in [6, 6.07) is 7.77. The van der Waals surface area contributed by atoms with E-state index in [1.807, 2.05) is 0 Å². The molecule has 33 heavy (non-hydrogen) atoms. The van der Waals surface area contributed by atoms with Crippen molar-refractivity contribution in [2.24, 2.45) is 0 Å². The molecule has 0 fully saturated rings. The second-order valence-electron chi connectivity index (χ2n) is 7.07. The molecule has 0 aromatic heterocycles. The number of carbonyl (C=O) groups is 2. The van der Waals surface area contributed by atoms with Gasteiger partial charge >= 0.3 is 0 Å². The Labute approximate surface area is 191 Å².